The number of carbonyl (C=O) groups is 1. The van der Waals surface area contributed by atoms with Crippen LogP contribution in [-0.2, 0) is 0 Å². The molecule has 0 saturated heterocycles. The predicted molar refractivity (Wildman–Crippen MR) is 80.4 cm³/mol. The third kappa shape index (κ3) is 2.81. The number of carboxylic acids is 1. The van der Waals surface area contributed by atoms with Crippen LogP contribution in [0.2, 0.25) is 0 Å². The van der Waals surface area contributed by atoms with Crippen LogP contribution in [0.25, 0.3) is 10.9 Å². The first-order chi connectivity index (χ1) is 9.15. The number of hydrogen-bond acceptors (Lipinski definition) is 4. The first-order valence-electron chi connectivity index (χ1n) is 5.96. The van der Waals surface area contributed by atoms with Gasteiger partial charge >= 0.3 is 5.97 Å². The molecule has 0 amide bonds. The molecule has 0 unspecified atom stereocenters. The Balaban J connectivity index is 2.58. The molecular weight excluding hydrogens is 260 g/mol. The molecule has 0 aliphatic heterocycles. The van der Waals surface area contributed by atoms with Crippen molar-refractivity contribution in [3.05, 3.63) is 36.0 Å². The first-order valence-corrected chi connectivity index (χ1v) is 7.35. The number of aromatic nitrogens is 1. The second kappa shape index (κ2) is 5.93. The van der Waals surface area contributed by atoms with Gasteiger partial charge < -0.3 is 10.0 Å². The molecule has 1 N–H and O–H groups in total. The highest BCUT2D eigenvalue weighted by Crippen LogP contribution is 2.28. The number of hydrogen-bond donors (Lipinski definition) is 1. The van der Waals surface area contributed by atoms with Gasteiger partial charge in [0.1, 0.15) is 5.56 Å². The van der Waals surface area contributed by atoms with E-state index in [-0.39, 0.29) is 5.56 Å². The van der Waals surface area contributed by atoms with E-state index in [1.54, 1.807) is 11.8 Å². The predicted octanol–water partition coefficient (Wildman–Crippen LogP) is 2.73. The molecule has 1 aromatic carbocycles. The summed E-state index contributed by atoms with van der Waals surface area (Å²) in [6, 6.07) is 7.62. The van der Waals surface area contributed by atoms with Crippen LogP contribution in [0.1, 0.15) is 10.4 Å². The maximum absolute atomic E-state index is 11.4. The lowest BCUT2D eigenvalue weighted by atomic mass is 10.1. The average molecular weight is 276 g/mol. The van der Waals surface area contributed by atoms with Gasteiger partial charge in [-0.05, 0) is 12.3 Å². The SMILES string of the molecule is CSCCN(C)c1c(C(=O)O)cnc2ccccc12. The Hall–Kier alpha value is -1.75. The van der Waals surface area contributed by atoms with Crippen LogP contribution in [0, 0.1) is 0 Å². The number of carboxylic acid groups (broad SMARTS) is 1. The summed E-state index contributed by atoms with van der Waals surface area (Å²) in [5, 5.41) is 10.2. The van der Waals surface area contributed by atoms with E-state index in [1.807, 2.05) is 42.5 Å². The molecule has 0 bridgehead atoms. The normalized spacial score (nSPS) is 10.6. The highest BCUT2D eigenvalue weighted by atomic mass is 32.2. The molecule has 0 spiro atoms. The Morgan fingerprint density at radius 2 is 2.16 bits per heavy atom. The Bertz CT molecular complexity index is 601. The summed E-state index contributed by atoms with van der Waals surface area (Å²) in [6.07, 6.45) is 3.48. The van der Waals surface area contributed by atoms with Gasteiger partial charge in [0, 0.05) is 30.9 Å². The van der Waals surface area contributed by atoms with Crippen LogP contribution >= 0.6 is 11.8 Å². The molecule has 0 aliphatic carbocycles. The molecule has 0 radical (unpaired) electrons. The summed E-state index contributed by atoms with van der Waals surface area (Å²) in [7, 11) is 1.92. The number of para-hydroxylation sites is 1. The van der Waals surface area contributed by atoms with E-state index < -0.39 is 5.97 Å². The highest BCUT2D eigenvalue weighted by Gasteiger charge is 2.17. The third-order valence-corrected chi connectivity index (χ3v) is 3.58. The van der Waals surface area contributed by atoms with E-state index in [0.717, 1.165) is 28.9 Å². The Morgan fingerprint density at radius 3 is 2.84 bits per heavy atom. The summed E-state index contributed by atoms with van der Waals surface area (Å²) in [6.45, 7) is 0.801. The van der Waals surface area contributed by atoms with Gasteiger partial charge in [-0.3, -0.25) is 4.98 Å². The van der Waals surface area contributed by atoms with Crippen molar-refractivity contribution >= 4 is 34.3 Å². The Kier molecular flexibility index (Phi) is 4.27. The zero-order valence-corrected chi connectivity index (χ0v) is 11.8. The first kappa shape index (κ1) is 13.7. The number of anilines is 1. The molecule has 2 rings (SSSR count). The fourth-order valence-corrected chi connectivity index (χ4v) is 2.49. The maximum atomic E-state index is 11.4. The monoisotopic (exact) mass is 276 g/mol. The number of fused-ring (bicyclic) bond motifs is 1. The molecule has 0 atom stereocenters. The minimum absolute atomic E-state index is 0.252. The van der Waals surface area contributed by atoms with Gasteiger partial charge in [0.15, 0.2) is 0 Å². The smallest absolute Gasteiger partial charge is 0.339 e. The molecule has 4 nitrogen and oxygen atoms in total. The molecule has 2 aromatic rings. The van der Waals surface area contributed by atoms with Crippen LogP contribution in [-0.4, -0.2) is 41.7 Å². The third-order valence-electron chi connectivity index (χ3n) is 2.99. The quantitative estimate of drug-likeness (QED) is 0.910. The summed E-state index contributed by atoms with van der Waals surface area (Å²) in [5.74, 6) is 0.0101. The van der Waals surface area contributed by atoms with Crippen molar-refractivity contribution in [3.63, 3.8) is 0 Å². The van der Waals surface area contributed by atoms with Crippen molar-refractivity contribution in [2.24, 2.45) is 0 Å². The highest BCUT2D eigenvalue weighted by molar-refractivity contribution is 7.98. The lowest BCUT2D eigenvalue weighted by Crippen LogP contribution is -2.23. The van der Waals surface area contributed by atoms with Gasteiger partial charge in [-0.15, -0.1) is 0 Å². The second-order valence-corrected chi connectivity index (χ2v) is 5.24. The minimum atomic E-state index is -0.941. The van der Waals surface area contributed by atoms with Gasteiger partial charge in [0.2, 0.25) is 0 Å². The fraction of sp³-hybridized carbons (Fsp3) is 0.286. The number of thioether (sulfide) groups is 1. The topological polar surface area (TPSA) is 53.4 Å². The van der Waals surface area contributed by atoms with Crippen molar-refractivity contribution in [2.45, 2.75) is 0 Å². The van der Waals surface area contributed by atoms with Crippen LogP contribution in [0.4, 0.5) is 5.69 Å². The summed E-state index contributed by atoms with van der Waals surface area (Å²) < 4.78 is 0. The average Bonchev–Trinajstić information content (AvgIpc) is 2.43. The maximum Gasteiger partial charge on any atom is 0.339 e. The zero-order valence-electron chi connectivity index (χ0n) is 11.0. The summed E-state index contributed by atoms with van der Waals surface area (Å²) >= 11 is 1.74. The molecule has 19 heavy (non-hydrogen) atoms. The van der Waals surface area contributed by atoms with Crippen LogP contribution in [0.5, 0.6) is 0 Å². The Morgan fingerprint density at radius 1 is 1.42 bits per heavy atom. The number of nitrogens with zero attached hydrogens (tertiary/aromatic N) is 2. The molecule has 0 fully saturated rings. The van der Waals surface area contributed by atoms with Crippen molar-refractivity contribution in [3.8, 4) is 0 Å². The zero-order chi connectivity index (χ0) is 13.8. The molecular formula is C14H16N2O2S. The summed E-state index contributed by atoms with van der Waals surface area (Å²) in [5.41, 5.74) is 1.81. The van der Waals surface area contributed by atoms with E-state index >= 15 is 0 Å². The van der Waals surface area contributed by atoms with Crippen molar-refractivity contribution in [1.29, 1.82) is 0 Å². The lowest BCUT2D eigenvalue weighted by Gasteiger charge is -2.22. The van der Waals surface area contributed by atoms with Crippen molar-refractivity contribution in [1.82, 2.24) is 4.98 Å². The molecule has 0 aliphatic rings. The number of pyridine rings is 1. The van der Waals surface area contributed by atoms with Crippen molar-refractivity contribution < 1.29 is 9.90 Å². The van der Waals surface area contributed by atoms with E-state index in [2.05, 4.69) is 4.98 Å². The lowest BCUT2D eigenvalue weighted by molar-refractivity contribution is 0.0697. The number of rotatable bonds is 5. The largest absolute Gasteiger partial charge is 0.478 e. The van der Waals surface area contributed by atoms with Crippen molar-refractivity contribution in [2.75, 3.05) is 30.5 Å². The van der Waals surface area contributed by atoms with E-state index in [9.17, 15) is 9.90 Å². The van der Waals surface area contributed by atoms with Crippen LogP contribution < -0.4 is 4.90 Å². The standard InChI is InChI=1S/C14H16N2O2S/c1-16(7-8-19-2)13-10-5-3-4-6-12(10)15-9-11(13)14(17)18/h3-6,9H,7-8H2,1-2H3,(H,17,18). The molecule has 5 heteroatoms. The van der Waals surface area contributed by atoms with Gasteiger partial charge in [-0.25, -0.2) is 4.79 Å². The van der Waals surface area contributed by atoms with Gasteiger partial charge in [-0.2, -0.15) is 11.8 Å². The fourth-order valence-electron chi connectivity index (χ4n) is 2.03. The van der Waals surface area contributed by atoms with Gasteiger partial charge in [0.25, 0.3) is 0 Å². The molecule has 1 aromatic heterocycles. The number of benzene rings is 1. The molecule has 0 saturated carbocycles. The second-order valence-electron chi connectivity index (χ2n) is 4.26. The van der Waals surface area contributed by atoms with Crippen LogP contribution in [0.3, 0.4) is 0 Å². The van der Waals surface area contributed by atoms with Gasteiger partial charge in [0.05, 0.1) is 11.2 Å². The minimum Gasteiger partial charge on any atom is -0.478 e. The van der Waals surface area contributed by atoms with Gasteiger partial charge in [-0.1, -0.05) is 18.2 Å². The number of aromatic carboxylic acids is 1. The molecule has 1 heterocycles. The molecule has 100 valence electrons. The van der Waals surface area contributed by atoms with E-state index in [0.29, 0.717) is 0 Å². The van der Waals surface area contributed by atoms with E-state index in [4.69, 9.17) is 0 Å². The Labute approximate surface area is 116 Å². The summed E-state index contributed by atoms with van der Waals surface area (Å²) in [4.78, 5) is 17.6. The van der Waals surface area contributed by atoms with E-state index in [1.165, 1.54) is 6.20 Å². The van der Waals surface area contributed by atoms with Crippen LogP contribution in [0.15, 0.2) is 30.5 Å².